The quantitative estimate of drug-likeness (QED) is 0.386. The van der Waals surface area contributed by atoms with Crippen LogP contribution in [0.4, 0.5) is 15.8 Å². The highest BCUT2D eigenvalue weighted by Crippen LogP contribution is 2.29. The first-order chi connectivity index (χ1) is 17.6. The van der Waals surface area contributed by atoms with Gasteiger partial charge in [-0.1, -0.05) is 11.6 Å². The number of rotatable bonds is 7. The fraction of sp³-hybridized carbons (Fsp3) is 0.231. The number of nitrogens with one attached hydrogen (secondary N) is 2. The van der Waals surface area contributed by atoms with Crippen molar-refractivity contribution in [1.29, 1.82) is 0 Å². The molecule has 1 fully saturated rings. The molecular formula is C26H24ClFN6O2. The maximum atomic E-state index is 14.3. The van der Waals surface area contributed by atoms with E-state index in [0.29, 0.717) is 34.0 Å². The number of morpholine rings is 1. The normalized spacial score (nSPS) is 14.1. The number of nitrogens with zero attached hydrogens (tertiary/aromatic N) is 4. The first kappa shape index (κ1) is 24.1. The summed E-state index contributed by atoms with van der Waals surface area (Å²) in [5.41, 5.74) is 3.22. The van der Waals surface area contributed by atoms with E-state index in [1.54, 1.807) is 30.6 Å². The van der Waals surface area contributed by atoms with Crippen molar-refractivity contribution in [3.8, 4) is 11.3 Å². The smallest absolute Gasteiger partial charge is 0.251 e. The summed E-state index contributed by atoms with van der Waals surface area (Å²) in [7, 11) is 0. The second-order valence-electron chi connectivity index (χ2n) is 8.38. The van der Waals surface area contributed by atoms with E-state index in [1.165, 1.54) is 18.2 Å². The summed E-state index contributed by atoms with van der Waals surface area (Å²) in [6.45, 7) is 4.58. The Morgan fingerprint density at radius 1 is 1.11 bits per heavy atom. The number of fused-ring (bicyclic) bond motifs is 1. The van der Waals surface area contributed by atoms with Crippen molar-refractivity contribution in [2.45, 2.75) is 0 Å². The zero-order valence-electron chi connectivity index (χ0n) is 19.4. The summed E-state index contributed by atoms with van der Waals surface area (Å²) >= 11 is 6.03. The van der Waals surface area contributed by atoms with Gasteiger partial charge in [0.15, 0.2) is 0 Å². The molecule has 1 amide bonds. The molecule has 2 aromatic carbocycles. The van der Waals surface area contributed by atoms with Crippen LogP contribution in [0.5, 0.6) is 0 Å². The van der Waals surface area contributed by atoms with Crippen molar-refractivity contribution >= 4 is 39.8 Å². The molecule has 0 radical (unpaired) electrons. The molecule has 1 aliphatic heterocycles. The van der Waals surface area contributed by atoms with Crippen molar-refractivity contribution < 1.29 is 13.9 Å². The van der Waals surface area contributed by atoms with Crippen LogP contribution in [0, 0.1) is 5.82 Å². The van der Waals surface area contributed by atoms with Gasteiger partial charge in [-0.3, -0.25) is 14.7 Å². The average Bonchev–Trinajstić information content (AvgIpc) is 2.90. The van der Waals surface area contributed by atoms with Gasteiger partial charge in [0, 0.05) is 59.6 Å². The van der Waals surface area contributed by atoms with Crippen molar-refractivity contribution in [1.82, 2.24) is 25.4 Å². The molecule has 4 aromatic rings. The third-order valence-electron chi connectivity index (χ3n) is 5.96. The number of aromatic nitrogens is 3. The lowest BCUT2D eigenvalue weighted by molar-refractivity contribution is 0.0383. The number of halogens is 2. The molecule has 184 valence electrons. The number of benzene rings is 2. The van der Waals surface area contributed by atoms with E-state index in [0.717, 1.165) is 43.9 Å². The maximum Gasteiger partial charge on any atom is 0.251 e. The predicted octanol–water partition coefficient (Wildman–Crippen LogP) is 4.29. The molecule has 0 spiro atoms. The number of pyridine rings is 1. The summed E-state index contributed by atoms with van der Waals surface area (Å²) in [5.74, 6) is -0.576. The van der Waals surface area contributed by atoms with E-state index in [1.807, 2.05) is 12.1 Å². The number of hydrogen-bond donors (Lipinski definition) is 2. The first-order valence-electron chi connectivity index (χ1n) is 11.6. The molecule has 1 aliphatic rings. The van der Waals surface area contributed by atoms with Crippen LogP contribution in [0.15, 0.2) is 60.9 Å². The molecule has 1 saturated heterocycles. The zero-order chi connectivity index (χ0) is 24.9. The number of amides is 1. The molecule has 36 heavy (non-hydrogen) atoms. The monoisotopic (exact) mass is 506 g/mol. The summed E-state index contributed by atoms with van der Waals surface area (Å²) < 4.78 is 19.7. The highest BCUT2D eigenvalue weighted by molar-refractivity contribution is 6.30. The van der Waals surface area contributed by atoms with Gasteiger partial charge in [0.25, 0.3) is 5.91 Å². The third kappa shape index (κ3) is 5.59. The van der Waals surface area contributed by atoms with Crippen molar-refractivity contribution in [3.05, 3.63) is 77.3 Å². The molecule has 2 N–H and O–H groups in total. The van der Waals surface area contributed by atoms with Crippen molar-refractivity contribution in [3.63, 3.8) is 0 Å². The van der Waals surface area contributed by atoms with E-state index in [4.69, 9.17) is 16.3 Å². The fourth-order valence-electron chi connectivity index (χ4n) is 4.07. The lowest BCUT2D eigenvalue weighted by Gasteiger charge is -2.26. The highest BCUT2D eigenvalue weighted by Gasteiger charge is 2.13. The molecule has 0 unspecified atom stereocenters. The van der Waals surface area contributed by atoms with E-state index in [2.05, 4.69) is 30.7 Å². The van der Waals surface area contributed by atoms with E-state index < -0.39 is 5.82 Å². The Bertz CT molecular complexity index is 1400. The minimum absolute atomic E-state index is 0.142. The van der Waals surface area contributed by atoms with Gasteiger partial charge < -0.3 is 15.4 Å². The van der Waals surface area contributed by atoms with Gasteiger partial charge in [0.05, 0.1) is 36.3 Å². The Morgan fingerprint density at radius 2 is 1.97 bits per heavy atom. The summed E-state index contributed by atoms with van der Waals surface area (Å²) in [5, 5.41) is 15.6. The number of carbonyl (C=O) groups excluding carboxylic acids is 1. The second kappa shape index (κ2) is 10.9. The van der Waals surface area contributed by atoms with Crippen LogP contribution in [-0.4, -0.2) is 65.4 Å². The van der Waals surface area contributed by atoms with Gasteiger partial charge in [-0.15, -0.1) is 0 Å². The molecule has 5 rings (SSSR count). The Hall–Kier alpha value is -3.66. The SMILES string of the molecule is O=C(NCCN1CCOCC1)c1ccc2c(Nc3cnnc(-c4cc(Cl)ccc4F)c3)ccnc2c1. The van der Waals surface area contributed by atoms with E-state index >= 15 is 0 Å². The van der Waals surface area contributed by atoms with Crippen LogP contribution in [-0.2, 0) is 4.74 Å². The Morgan fingerprint density at radius 3 is 2.83 bits per heavy atom. The van der Waals surface area contributed by atoms with Crippen LogP contribution in [0.3, 0.4) is 0 Å². The van der Waals surface area contributed by atoms with Crippen LogP contribution in [0.2, 0.25) is 5.02 Å². The lowest BCUT2D eigenvalue weighted by atomic mass is 10.1. The molecule has 8 nitrogen and oxygen atoms in total. The topological polar surface area (TPSA) is 92.3 Å². The molecule has 0 bridgehead atoms. The standard InChI is InChI=1S/C26H24ClFN6O2/c27-18-2-4-22(28)21(14-18)25-15-19(16-31-33-25)32-23-5-6-29-24-13-17(1-3-20(23)24)26(35)30-7-8-34-9-11-36-12-10-34/h1-6,13-16H,7-12H2,(H,30,35)(H,29,32,33). The summed E-state index contributed by atoms with van der Waals surface area (Å²) in [6.07, 6.45) is 3.21. The van der Waals surface area contributed by atoms with Gasteiger partial charge in [-0.05, 0) is 48.5 Å². The molecule has 0 atom stereocenters. The average molecular weight is 507 g/mol. The second-order valence-corrected chi connectivity index (χ2v) is 8.82. The van der Waals surface area contributed by atoms with Crippen LogP contribution in [0.1, 0.15) is 10.4 Å². The van der Waals surface area contributed by atoms with Gasteiger partial charge in [-0.25, -0.2) is 4.39 Å². The number of hydrogen-bond acceptors (Lipinski definition) is 7. The van der Waals surface area contributed by atoms with E-state index in [-0.39, 0.29) is 11.5 Å². The van der Waals surface area contributed by atoms with E-state index in [9.17, 15) is 9.18 Å². The Labute approximate surface area is 212 Å². The first-order valence-corrected chi connectivity index (χ1v) is 12.0. The summed E-state index contributed by atoms with van der Waals surface area (Å²) in [4.78, 5) is 19.4. The minimum atomic E-state index is -0.434. The lowest BCUT2D eigenvalue weighted by Crippen LogP contribution is -2.41. The van der Waals surface area contributed by atoms with Crippen LogP contribution in [0.25, 0.3) is 22.2 Å². The van der Waals surface area contributed by atoms with Crippen molar-refractivity contribution in [2.24, 2.45) is 0 Å². The largest absolute Gasteiger partial charge is 0.379 e. The maximum absolute atomic E-state index is 14.3. The molecular weight excluding hydrogens is 483 g/mol. The Kier molecular flexibility index (Phi) is 7.31. The van der Waals surface area contributed by atoms with Crippen LogP contribution >= 0.6 is 11.6 Å². The molecule has 10 heteroatoms. The highest BCUT2D eigenvalue weighted by atomic mass is 35.5. The van der Waals surface area contributed by atoms with Crippen molar-refractivity contribution in [2.75, 3.05) is 44.7 Å². The third-order valence-corrected chi connectivity index (χ3v) is 6.20. The van der Waals surface area contributed by atoms with Crippen LogP contribution < -0.4 is 10.6 Å². The Balaban J connectivity index is 1.31. The van der Waals surface area contributed by atoms with Gasteiger partial charge in [-0.2, -0.15) is 10.2 Å². The number of carbonyl (C=O) groups is 1. The molecule has 0 aliphatic carbocycles. The number of anilines is 2. The van der Waals surface area contributed by atoms with Gasteiger partial charge >= 0.3 is 0 Å². The molecule has 3 heterocycles. The fourth-order valence-corrected chi connectivity index (χ4v) is 4.24. The molecule has 0 saturated carbocycles. The summed E-state index contributed by atoms with van der Waals surface area (Å²) in [6, 6.07) is 13.2. The zero-order valence-corrected chi connectivity index (χ0v) is 20.1. The molecule has 2 aromatic heterocycles. The minimum Gasteiger partial charge on any atom is -0.379 e. The predicted molar refractivity (Wildman–Crippen MR) is 137 cm³/mol. The number of ether oxygens (including phenoxy) is 1. The van der Waals surface area contributed by atoms with Gasteiger partial charge in [0.2, 0.25) is 0 Å². The van der Waals surface area contributed by atoms with Gasteiger partial charge in [0.1, 0.15) is 5.82 Å².